The van der Waals surface area contributed by atoms with Crippen molar-refractivity contribution in [1.82, 2.24) is 10.3 Å². The highest BCUT2D eigenvalue weighted by Crippen LogP contribution is 2.13. The van der Waals surface area contributed by atoms with E-state index in [4.69, 9.17) is 5.84 Å². The molecule has 1 amide bonds. The molecule has 4 N–H and O–H groups in total. The molecule has 0 unspecified atom stereocenters. The van der Waals surface area contributed by atoms with E-state index in [2.05, 4.69) is 15.7 Å². The zero-order valence-electron chi connectivity index (χ0n) is 9.25. The van der Waals surface area contributed by atoms with Crippen molar-refractivity contribution < 1.29 is 9.18 Å². The highest BCUT2D eigenvalue weighted by atomic mass is 19.1. The lowest BCUT2D eigenvalue weighted by atomic mass is 10.2. The number of aromatic nitrogens is 1. The number of rotatable bonds is 4. The van der Waals surface area contributed by atoms with Crippen LogP contribution in [0, 0.1) is 11.7 Å². The van der Waals surface area contributed by atoms with Gasteiger partial charge in [-0.1, -0.05) is 13.8 Å². The Balaban J connectivity index is 2.83. The first-order valence-electron chi connectivity index (χ1n) is 4.95. The second-order valence-corrected chi connectivity index (χ2v) is 3.77. The molecule has 1 aromatic rings. The van der Waals surface area contributed by atoms with E-state index in [0.717, 1.165) is 0 Å². The number of nitrogen functional groups attached to an aromatic ring is 1. The lowest BCUT2D eigenvalue weighted by Crippen LogP contribution is -2.28. The van der Waals surface area contributed by atoms with Crippen molar-refractivity contribution in [2.24, 2.45) is 11.8 Å². The molecule has 0 bridgehead atoms. The smallest absolute Gasteiger partial charge is 0.254 e. The molecule has 1 heterocycles. The van der Waals surface area contributed by atoms with Crippen molar-refractivity contribution in [3.05, 3.63) is 23.6 Å². The van der Waals surface area contributed by atoms with Gasteiger partial charge < -0.3 is 10.7 Å². The Morgan fingerprint density at radius 1 is 1.62 bits per heavy atom. The third-order valence-corrected chi connectivity index (χ3v) is 1.94. The van der Waals surface area contributed by atoms with Gasteiger partial charge in [-0.3, -0.25) is 4.79 Å². The maximum atomic E-state index is 13.6. The molecule has 1 rings (SSSR count). The largest absolute Gasteiger partial charge is 0.352 e. The van der Waals surface area contributed by atoms with Gasteiger partial charge in [0.2, 0.25) is 0 Å². The summed E-state index contributed by atoms with van der Waals surface area (Å²) in [7, 11) is 0. The SMILES string of the molecule is CC(C)CNC(=O)c1ccnc(NN)c1F. The van der Waals surface area contributed by atoms with Crippen LogP contribution >= 0.6 is 0 Å². The lowest BCUT2D eigenvalue weighted by Gasteiger charge is -2.09. The molecule has 0 saturated carbocycles. The lowest BCUT2D eigenvalue weighted by molar-refractivity contribution is 0.0945. The van der Waals surface area contributed by atoms with Crippen LogP contribution in [0.5, 0.6) is 0 Å². The van der Waals surface area contributed by atoms with E-state index in [1.54, 1.807) is 0 Å². The van der Waals surface area contributed by atoms with E-state index in [-0.39, 0.29) is 11.4 Å². The number of nitrogens with zero attached hydrogens (tertiary/aromatic N) is 1. The highest BCUT2D eigenvalue weighted by Gasteiger charge is 2.15. The van der Waals surface area contributed by atoms with E-state index in [1.165, 1.54) is 12.3 Å². The van der Waals surface area contributed by atoms with Crippen molar-refractivity contribution in [3.8, 4) is 0 Å². The van der Waals surface area contributed by atoms with Crippen LogP contribution < -0.4 is 16.6 Å². The van der Waals surface area contributed by atoms with E-state index < -0.39 is 11.7 Å². The first-order valence-corrected chi connectivity index (χ1v) is 4.95. The molecule has 0 aliphatic carbocycles. The quantitative estimate of drug-likeness (QED) is 0.526. The Labute approximate surface area is 93.2 Å². The minimum Gasteiger partial charge on any atom is -0.352 e. The van der Waals surface area contributed by atoms with Crippen LogP contribution in [0.15, 0.2) is 12.3 Å². The van der Waals surface area contributed by atoms with Gasteiger partial charge in [0.1, 0.15) is 0 Å². The average molecular weight is 226 g/mol. The number of hydrogen-bond acceptors (Lipinski definition) is 4. The van der Waals surface area contributed by atoms with Crippen LogP contribution in [0.1, 0.15) is 24.2 Å². The summed E-state index contributed by atoms with van der Waals surface area (Å²) in [5, 5.41) is 2.62. The molecule has 0 radical (unpaired) electrons. The average Bonchev–Trinajstić information content (AvgIpc) is 2.26. The Morgan fingerprint density at radius 2 is 2.31 bits per heavy atom. The molecule has 16 heavy (non-hydrogen) atoms. The maximum absolute atomic E-state index is 13.6. The number of pyridine rings is 1. The summed E-state index contributed by atoms with van der Waals surface area (Å²) in [6.07, 6.45) is 1.32. The molecule has 0 aromatic carbocycles. The van der Waals surface area contributed by atoms with Crippen molar-refractivity contribution in [2.75, 3.05) is 12.0 Å². The molecule has 0 spiro atoms. The molecular weight excluding hydrogens is 211 g/mol. The number of hydrogen-bond donors (Lipinski definition) is 3. The van der Waals surface area contributed by atoms with Crippen molar-refractivity contribution >= 4 is 11.7 Å². The number of nitrogens with one attached hydrogen (secondary N) is 2. The number of hydrazine groups is 1. The standard InChI is InChI=1S/C10H15FN4O/c1-6(2)5-14-10(16)7-3-4-13-9(15-12)8(7)11/h3-4,6H,5,12H2,1-2H3,(H,13,15)(H,14,16). The van der Waals surface area contributed by atoms with Gasteiger partial charge in [-0.15, -0.1) is 0 Å². The third-order valence-electron chi connectivity index (χ3n) is 1.94. The fourth-order valence-electron chi connectivity index (χ4n) is 1.11. The molecule has 5 nitrogen and oxygen atoms in total. The van der Waals surface area contributed by atoms with Gasteiger partial charge in [-0.2, -0.15) is 0 Å². The van der Waals surface area contributed by atoms with Crippen LogP contribution in [0.3, 0.4) is 0 Å². The number of carbonyl (C=O) groups excluding carboxylic acids is 1. The van der Waals surface area contributed by atoms with Crippen molar-refractivity contribution in [3.63, 3.8) is 0 Å². The first-order chi connectivity index (χ1) is 7.56. The van der Waals surface area contributed by atoms with E-state index in [0.29, 0.717) is 12.5 Å². The molecule has 1 aromatic heterocycles. The molecule has 0 atom stereocenters. The van der Waals surface area contributed by atoms with Crippen LogP contribution in [0.25, 0.3) is 0 Å². The molecule has 88 valence electrons. The summed E-state index contributed by atoms with van der Waals surface area (Å²) in [5.41, 5.74) is 2.02. The topological polar surface area (TPSA) is 80.0 Å². The number of nitrogens with two attached hydrogens (primary N) is 1. The fraction of sp³-hybridized carbons (Fsp3) is 0.400. The van der Waals surface area contributed by atoms with Crippen molar-refractivity contribution in [2.45, 2.75) is 13.8 Å². The van der Waals surface area contributed by atoms with Crippen LogP contribution in [0.4, 0.5) is 10.2 Å². The first kappa shape index (κ1) is 12.4. The van der Waals surface area contributed by atoms with Crippen LogP contribution in [0.2, 0.25) is 0 Å². The molecule has 0 aliphatic heterocycles. The van der Waals surface area contributed by atoms with Gasteiger partial charge >= 0.3 is 0 Å². The van der Waals surface area contributed by atoms with Gasteiger partial charge in [0.25, 0.3) is 5.91 Å². The zero-order chi connectivity index (χ0) is 12.1. The van der Waals surface area contributed by atoms with E-state index in [1.807, 2.05) is 13.8 Å². The molecule has 0 fully saturated rings. The van der Waals surface area contributed by atoms with Gasteiger partial charge in [0, 0.05) is 12.7 Å². The van der Waals surface area contributed by atoms with Crippen molar-refractivity contribution in [1.29, 1.82) is 0 Å². The summed E-state index contributed by atoms with van der Waals surface area (Å²) in [6.45, 7) is 4.40. The summed E-state index contributed by atoms with van der Waals surface area (Å²) in [5.74, 6) is 4.01. The minimum atomic E-state index is -0.744. The van der Waals surface area contributed by atoms with Crippen LogP contribution in [-0.2, 0) is 0 Å². The van der Waals surface area contributed by atoms with Gasteiger partial charge in [-0.05, 0) is 12.0 Å². The summed E-state index contributed by atoms with van der Waals surface area (Å²) in [4.78, 5) is 15.2. The predicted octanol–water partition coefficient (Wildman–Crippen LogP) is 0.892. The summed E-state index contributed by atoms with van der Waals surface area (Å²) < 4.78 is 13.6. The number of halogens is 1. The summed E-state index contributed by atoms with van der Waals surface area (Å²) >= 11 is 0. The molecular formula is C10H15FN4O. The Bertz CT molecular complexity index is 381. The highest BCUT2D eigenvalue weighted by molar-refractivity contribution is 5.95. The van der Waals surface area contributed by atoms with E-state index in [9.17, 15) is 9.18 Å². The fourth-order valence-corrected chi connectivity index (χ4v) is 1.11. The summed E-state index contributed by atoms with van der Waals surface area (Å²) in [6, 6.07) is 1.31. The second-order valence-electron chi connectivity index (χ2n) is 3.77. The molecule has 0 saturated heterocycles. The second kappa shape index (κ2) is 5.41. The normalized spacial score (nSPS) is 10.3. The number of amides is 1. The zero-order valence-corrected chi connectivity index (χ0v) is 9.25. The minimum absolute atomic E-state index is 0.0661. The number of carbonyl (C=O) groups is 1. The number of anilines is 1. The Morgan fingerprint density at radius 3 is 2.88 bits per heavy atom. The van der Waals surface area contributed by atoms with Crippen LogP contribution in [-0.4, -0.2) is 17.4 Å². The third kappa shape index (κ3) is 2.90. The monoisotopic (exact) mass is 226 g/mol. The molecule has 0 aliphatic rings. The maximum Gasteiger partial charge on any atom is 0.254 e. The van der Waals surface area contributed by atoms with Gasteiger partial charge in [0.15, 0.2) is 11.6 Å². The Hall–Kier alpha value is -1.69. The van der Waals surface area contributed by atoms with Gasteiger partial charge in [0.05, 0.1) is 5.56 Å². The van der Waals surface area contributed by atoms with E-state index >= 15 is 0 Å². The predicted molar refractivity (Wildman–Crippen MR) is 59.2 cm³/mol. The van der Waals surface area contributed by atoms with Gasteiger partial charge in [-0.25, -0.2) is 15.2 Å². The Kier molecular flexibility index (Phi) is 4.19. The molecule has 6 heteroatoms.